The van der Waals surface area contributed by atoms with Crippen molar-refractivity contribution in [3.63, 3.8) is 0 Å². The van der Waals surface area contributed by atoms with Crippen molar-refractivity contribution >= 4 is 22.3 Å². The summed E-state index contributed by atoms with van der Waals surface area (Å²) < 4.78 is 11.0. The summed E-state index contributed by atoms with van der Waals surface area (Å²) in [5, 5.41) is 12.7. The van der Waals surface area contributed by atoms with E-state index in [0.29, 0.717) is 24.8 Å². The predicted molar refractivity (Wildman–Crippen MR) is 78.7 cm³/mol. The normalized spacial score (nSPS) is 13.0. The fourth-order valence-corrected chi connectivity index (χ4v) is 2.79. The average Bonchev–Trinajstić information content (AvgIpc) is 2.96. The summed E-state index contributed by atoms with van der Waals surface area (Å²) in [5.74, 6) is 0.523. The van der Waals surface area contributed by atoms with Crippen LogP contribution in [0.3, 0.4) is 0 Å². The van der Waals surface area contributed by atoms with Crippen LogP contribution in [0, 0.1) is 0 Å². The number of rotatable bonds is 5. The van der Waals surface area contributed by atoms with E-state index >= 15 is 0 Å². The molecule has 1 aliphatic rings. The van der Waals surface area contributed by atoms with Gasteiger partial charge in [0.1, 0.15) is 18.2 Å². The lowest BCUT2D eigenvalue weighted by Crippen LogP contribution is -2.15. The Hall–Kier alpha value is -2.28. The Morgan fingerprint density at radius 3 is 2.95 bits per heavy atom. The SMILES string of the molecule is O=C(O)c1ncsc1NCCc1ccc2c(c1)OCCO2. The summed E-state index contributed by atoms with van der Waals surface area (Å²) in [5.41, 5.74) is 2.70. The molecule has 1 aromatic heterocycles. The summed E-state index contributed by atoms with van der Waals surface area (Å²) in [6, 6.07) is 5.85. The van der Waals surface area contributed by atoms with Crippen LogP contribution in [-0.4, -0.2) is 35.8 Å². The second kappa shape index (κ2) is 6.01. The molecule has 0 amide bonds. The molecule has 0 saturated carbocycles. The molecule has 7 heteroatoms. The maximum atomic E-state index is 11.0. The highest BCUT2D eigenvalue weighted by molar-refractivity contribution is 7.14. The van der Waals surface area contributed by atoms with Gasteiger partial charge in [0.2, 0.25) is 0 Å². The quantitative estimate of drug-likeness (QED) is 0.882. The highest BCUT2D eigenvalue weighted by Crippen LogP contribution is 2.31. The van der Waals surface area contributed by atoms with Gasteiger partial charge in [0.05, 0.1) is 5.51 Å². The Bertz CT molecular complexity index is 656. The van der Waals surface area contributed by atoms with Gasteiger partial charge in [-0.3, -0.25) is 0 Å². The lowest BCUT2D eigenvalue weighted by molar-refractivity contribution is 0.0692. The van der Waals surface area contributed by atoms with Crippen molar-refractivity contribution in [1.29, 1.82) is 0 Å². The number of carboxylic acids is 1. The van der Waals surface area contributed by atoms with Crippen molar-refractivity contribution in [2.75, 3.05) is 25.1 Å². The van der Waals surface area contributed by atoms with Gasteiger partial charge in [0, 0.05) is 6.54 Å². The van der Waals surface area contributed by atoms with Gasteiger partial charge in [0.25, 0.3) is 0 Å². The van der Waals surface area contributed by atoms with Crippen molar-refractivity contribution < 1.29 is 19.4 Å². The number of aromatic carboxylic acids is 1. The summed E-state index contributed by atoms with van der Waals surface area (Å²) >= 11 is 1.29. The Balaban J connectivity index is 1.60. The number of thiazole rings is 1. The number of aromatic nitrogens is 1. The van der Waals surface area contributed by atoms with Gasteiger partial charge in [-0.2, -0.15) is 0 Å². The van der Waals surface area contributed by atoms with E-state index in [9.17, 15) is 4.79 Å². The number of ether oxygens (including phenoxy) is 2. The van der Waals surface area contributed by atoms with Gasteiger partial charge >= 0.3 is 5.97 Å². The molecule has 2 N–H and O–H groups in total. The topological polar surface area (TPSA) is 80.7 Å². The van der Waals surface area contributed by atoms with Gasteiger partial charge in [-0.15, -0.1) is 11.3 Å². The zero-order valence-electron chi connectivity index (χ0n) is 11.2. The first-order valence-electron chi connectivity index (χ1n) is 6.53. The standard InChI is InChI=1S/C14H14N2O4S/c17-14(18)12-13(21-8-16-12)15-4-3-9-1-2-10-11(7-9)20-6-5-19-10/h1-2,7-8,15H,3-6H2,(H,17,18). The molecule has 2 heterocycles. The average molecular weight is 306 g/mol. The van der Waals surface area contributed by atoms with E-state index in [1.165, 1.54) is 16.8 Å². The molecule has 21 heavy (non-hydrogen) atoms. The number of hydrogen-bond acceptors (Lipinski definition) is 6. The Kier molecular flexibility index (Phi) is 3.92. The number of hydrogen-bond donors (Lipinski definition) is 2. The molecule has 0 spiro atoms. The maximum absolute atomic E-state index is 11.0. The number of fused-ring (bicyclic) bond motifs is 1. The molecule has 1 aromatic carbocycles. The van der Waals surface area contributed by atoms with Crippen LogP contribution >= 0.6 is 11.3 Å². The molecule has 0 fully saturated rings. The zero-order chi connectivity index (χ0) is 14.7. The van der Waals surface area contributed by atoms with E-state index in [1.807, 2.05) is 18.2 Å². The van der Waals surface area contributed by atoms with E-state index in [-0.39, 0.29) is 5.69 Å². The van der Waals surface area contributed by atoms with Crippen molar-refractivity contribution in [3.05, 3.63) is 35.0 Å². The number of carbonyl (C=O) groups is 1. The summed E-state index contributed by atoms with van der Waals surface area (Å²) in [4.78, 5) is 14.8. The van der Waals surface area contributed by atoms with Crippen LogP contribution in [-0.2, 0) is 6.42 Å². The van der Waals surface area contributed by atoms with E-state index < -0.39 is 5.97 Å². The fourth-order valence-electron chi connectivity index (χ4n) is 2.09. The van der Waals surface area contributed by atoms with Gasteiger partial charge in [-0.25, -0.2) is 9.78 Å². The minimum Gasteiger partial charge on any atom is -0.486 e. The van der Waals surface area contributed by atoms with E-state index in [1.54, 1.807) is 0 Å². The first kappa shape index (κ1) is 13.7. The van der Waals surface area contributed by atoms with Crippen LogP contribution in [0.5, 0.6) is 11.5 Å². The van der Waals surface area contributed by atoms with E-state index in [2.05, 4.69) is 10.3 Å². The lowest BCUT2D eigenvalue weighted by atomic mass is 10.1. The van der Waals surface area contributed by atoms with Gasteiger partial charge in [0.15, 0.2) is 17.2 Å². The summed E-state index contributed by atoms with van der Waals surface area (Å²) in [6.45, 7) is 1.77. The van der Waals surface area contributed by atoms with Gasteiger partial charge in [-0.05, 0) is 24.1 Å². The Morgan fingerprint density at radius 2 is 2.14 bits per heavy atom. The molecular weight excluding hydrogens is 292 g/mol. The Labute approximate surface area is 125 Å². The molecule has 0 radical (unpaired) electrons. The van der Waals surface area contributed by atoms with Crippen molar-refractivity contribution in [2.24, 2.45) is 0 Å². The summed E-state index contributed by atoms with van der Waals surface area (Å²) in [6.07, 6.45) is 0.758. The van der Waals surface area contributed by atoms with Crippen LogP contribution in [0.2, 0.25) is 0 Å². The molecule has 2 aromatic rings. The largest absolute Gasteiger partial charge is 0.486 e. The molecular formula is C14H14N2O4S. The molecule has 6 nitrogen and oxygen atoms in total. The van der Waals surface area contributed by atoms with Crippen LogP contribution < -0.4 is 14.8 Å². The van der Waals surface area contributed by atoms with Crippen LogP contribution in [0.15, 0.2) is 23.7 Å². The highest BCUT2D eigenvalue weighted by Gasteiger charge is 2.14. The highest BCUT2D eigenvalue weighted by atomic mass is 32.1. The van der Waals surface area contributed by atoms with Crippen LogP contribution in [0.1, 0.15) is 16.1 Å². The number of nitrogens with one attached hydrogen (secondary N) is 1. The number of anilines is 1. The lowest BCUT2D eigenvalue weighted by Gasteiger charge is -2.18. The molecule has 3 rings (SSSR count). The molecule has 0 atom stereocenters. The molecule has 0 aliphatic carbocycles. The first-order chi connectivity index (χ1) is 10.2. The first-order valence-corrected chi connectivity index (χ1v) is 7.41. The van der Waals surface area contributed by atoms with Crippen molar-refractivity contribution in [3.8, 4) is 11.5 Å². The van der Waals surface area contributed by atoms with Gasteiger partial charge in [-0.1, -0.05) is 6.07 Å². The number of carboxylic acid groups (broad SMARTS) is 1. The smallest absolute Gasteiger partial charge is 0.357 e. The number of nitrogens with zero attached hydrogens (tertiary/aromatic N) is 1. The molecule has 0 saturated heterocycles. The molecule has 0 bridgehead atoms. The predicted octanol–water partition coefficient (Wildman–Crippen LogP) is 2.27. The monoisotopic (exact) mass is 306 g/mol. The molecule has 1 aliphatic heterocycles. The molecule has 0 unspecified atom stereocenters. The minimum absolute atomic E-state index is 0.0715. The third kappa shape index (κ3) is 3.08. The van der Waals surface area contributed by atoms with Gasteiger partial charge < -0.3 is 19.9 Å². The van der Waals surface area contributed by atoms with Crippen LogP contribution in [0.4, 0.5) is 5.00 Å². The van der Waals surface area contributed by atoms with Crippen molar-refractivity contribution in [1.82, 2.24) is 4.98 Å². The third-order valence-electron chi connectivity index (χ3n) is 3.08. The fraction of sp³-hybridized carbons (Fsp3) is 0.286. The Morgan fingerprint density at radius 1 is 1.33 bits per heavy atom. The minimum atomic E-state index is -1.02. The van der Waals surface area contributed by atoms with Crippen LogP contribution in [0.25, 0.3) is 0 Å². The second-order valence-corrected chi connectivity index (χ2v) is 5.34. The molecule has 110 valence electrons. The second-order valence-electron chi connectivity index (χ2n) is 4.49. The number of benzene rings is 1. The van der Waals surface area contributed by atoms with Crippen molar-refractivity contribution in [2.45, 2.75) is 6.42 Å². The van der Waals surface area contributed by atoms with E-state index in [0.717, 1.165) is 23.5 Å². The maximum Gasteiger partial charge on any atom is 0.357 e. The zero-order valence-corrected chi connectivity index (χ0v) is 12.0. The third-order valence-corrected chi connectivity index (χ3v) is 3.86. The van der Waals surface area contributed by atoms with E-state index in [4.69, 9.17) is 14.6 Å². The summed E-state index contributed by atoms with van der Waals surface area (Å²) in [7, 11) is 0.